The summed E-state index contributed by atoms with van der Waals surface area (Å²) in [7, 11) is 0. The van der Waals surface area contributed by atoms with Crippen molar-refractivity contribution in [1.82, 2.24) is 0 Å². The molecule has 1 heterocycles. The Balaban J connectivity index is 0.000000291. The lowest BCUT2D eigenvalue weighted by Crippen LogP contribution is -1.94. The monoisotopic (exact) mass is 130 g/mol. The highest BCUT2D eigenvalue weighted by molar-refractivity contribution is 5.92. The second-order valence-corrected chi connectivity index (χ2v) is 1.35. The maximum absolute atomic E-state index is 10.0. The standard InChI is InChI=1S/C4H4O3.C2H6/c5-3-1-2-4(6)7-3;1-2/h1-2H2;1-2H3. The van der Waals surface area contributed by atoms with Crippen molar-refractivity contribution in [3.8, 4) is 0 Å². The summed E-state index contributed by atoms with van der Waals surface area (Å²) in [5, 5.41) is 0. The summed E-state index contributed by atoms with van der Waals surface area (Å²) in [6.07, 6.45) is 0.525. The van der Waals surface area contributed by atoms with E-state index in [-0.39, 0.29) is 12.8 Å². The van der Waals surface area contributed by atoms with E-state index in [4.69, 9.17) is 0 Å². The summed E-state index contributed by atoms with van der Waals surface area (Å²) in [5.41, 5.74) is 0. The molecule has 0 saturated carbocycles. The van der Waals surface area contributed by atoms with Gasteiger partial charge in [0.2, 0.25) is 0 Å². The van der Waals surface area contributed by atoms with Crippen LogP contribution in [-0.4, -0.2) is 11.9 Å². The average molecular weight is 130 g/mol. The van der Waals surface area contributed by atoms with Gasteiger partial charge in [-0.05, 0) is 0 Å². The minimum Gasteiger partial charge on any atom is -0.393 e. The van der Waals surface area contributed by atoms with Crippen molar-refractivity contribution in [3.05, 3.63) is 0 Å². The molecule has 3 heteroatoms. The molecule has 1 saturated heterocycles. The molecule has 9 heavy (non-hydrogen) atoms. The van der Waals surface area contributed by atoms with E-state index in [0.29, 0.717) is 0 Å². The van der Waals surface area contributed by atoms with Crippen LogP contribution >= 0.6 is 0 Å². The number of rotatable bonds is 0. The summed E-state index contributed by atoms with van der Waals surface area (Å²) in [6.45, 7) is 4.00. The van der Waals surface area contributed by atoms with Crippen molar-refractivity contribution < 1.29 is 14.3 Å². The third-order valence-corrected chi connectivity index (χ3v) is 0.761. The van der Waals surface area contributed by atoms with Gasteiger partial charge in [0.05, 0.1) is 12.8 Å². The van der Waals surface area contributed by atoms with E-state index in [1.807, 2.05) is 13.8 Å². The molecule has 1 aliphatic heterocycles. The molecule has 0 radical (unpaired) electrons. The zero-order valence-corrected chi connectivity index (χ0v) is 5.64. The molecule has 1 rings (SSSR count). The van der Waals surface area contributed by atoms with Gasteiger partial charge in [0, 0.05) is 0 Å². The maximum atomic E-state index is 10.0. The highest BCUT2D eigenvalue weighted by atomic mass is 16.6. The molecular formula is C6H10O3. The fraction of sp³-hybridized carbons (Fsp3) is 0.667. The molecule has 0 spiro atoms. The molecule has 0 N–H and O–H groups in total. The number of ether oxygens (including phenoxy) is 1. The SMILES string of the molecule is CC.O=C1CCC(=O)O1. The second kappa shape index (κ2) is 4.06. The maximum Gasteiger partial charge on any atom is 0.314 e. The van der Waals surface area contributed by atoms with E-state index < -0.39 is 11.9 Å². The van der Waals surface area contributed by atoms with Crippen LogP contribution in [0.2, 0.25) is 0 Å². The van der Waals surface area contributed by atoms with Crippen LogP contribution in [0, 0.1) is 0 Å². The van der Waals surface area contributed by atoms with E-state index >= 15 is 0 Å². The number of carbonyl (C=O) groups is 2. The van der Waals surface area contributed by atoms with E-state index in [9.17, 15) is 9.59 Å². The molecule has 52 valence electrons. The van der Waals surface area contributed by atoms with Gasteiger partial charge in [0.15, 0.2) is 0 Å². The van der Waals surface area contributed by atoms with Gasteiger partial charge in [-0.15, -0.1) is 0 Å². The van der Waals surface area contributed by atoms with Crippen LogP contribution in [0.25, 0.3) is 0 Å². The Kier molecular flexibility index (Phi) is 3.67. The van der Waals surface area contributed by atoms with Gasteiger partial charge in [-0.25, -0.2) is 0 Å². The van der Waals surface area contributed by atoms with E-state index in [0.717, 1.165) is 0 Å². The van der Waals surface area contributed by atoms with E-state index in [2.05, 4.69) is 4.74 Å². The summed E-state index contributed by atoms with van der Waals surface area (Å²) < 4.78 is 4.08. The van der Waals surface area contributed by atoms with Crippen LogP contribution in [0.3, 0.4) is 0 Å². The first-order valence-corrected chi connectivity index (χ1v) is 3.02. The molecular weight excluding hydrogens is 120 g/mol. The zero-order chi connectivity index (χ0) is 7.28. The van der Waals surface area contributed by atoms with Crippen LogP contribution in [0.5, 0.6) is 0 Å². The lowest BCUT2D eigenvalue weighted by molar-refractivity contribution is -0.151. The van der Waals surface area contributed by atoms with Gasteiger partial charge in [-0.1, -0.05) is 13.8 Å². The number of hydrogen-bond acceptors (Lipinski definition) is 3. The van der Waals surface area contributed by atoms with Crippen molar-refractivity contribution in [2.75, 3.05) is 0 Å². The summed E-state index contributed by atoms with van der Waals surface area (Å²) >= 11 is 0. The molecule has 0 aromatic rings. The van der Waals surface area contributed by atoms with Crippen molar-refractivity contribution in [2.24, 2.45) is 0 Å². The van der Waals surface area contributed by atoms with Crippen LogP contribution < -0.4 is 0 Å². The lowest BCUT2D eigenvalue weighted by Gasteiger charge is -1.79. The molecule has 3 nitrogen and oxygen atoms in total. The van der Waals surface area contributed by atoms with E-state index in [1.165, 1.54) is 0 Å². The molecule has 0 bridgehead atoms. The molecule has 0 atom stereocenters. The zero-order valence-electron chi connectivity index (χ0n) is 5.64. The Labute approximate surface area is 54.0 Å². The Morgan fingerprint density at radius 2 is 1.44 bits per heavy atom. The van der Waals surface area contributed by atoms with Gasteiger partial charge >= 0.3 is 11.9 Å². The van der Waals surface area contributed by atoms with Crippen molar-refractivity contribution in [3.63, 3.8) is 0 Å². The minimum absolute atomic E-state index is 0.263. The first-order valence-electron chi connectivity index (χ1n) is 3.02. The highest BCUT2D eigenvalue weighted by Gasteiger charge is 2.19. The number of cyclic esters (lactones) is 2. The van der Waals surface area contributed by atoms with Crippen molar-refractivity contribution in [1.29, 1.82) is 0 Å². The van der Waals surface area contributed by atoms with Crippen LogP contribution in [-0.2, 0) is 14.3 Å². The predicted octanol–water partition coefficient (Wildman–Crippen LogP) is 0.876. The number of carbonyl (C=O) groups excluding carboxylic acids is 2. The van der Waals surface area contributed by atoms with Crippen LogP contribution in [0.4, 0.5) is 0 Å². The van der Waals surface area contributed by atoms with Crippen molar-refractivity contribution in [2.45, 2.75) is 26.7 Å². The van der Waals surface area contributed by atoms with Gasteiger partial charge < -0.3 is 4.74 Å². The Morgan fingerprint density at radius 1 is 1.11 bits per heavy atom. The molecule has 0 amide bonds. The summed E-state index contributed by atoms with van der Waals surface area (Å²) in [4.78, 5) is 20.0. The first-order chi connectivity index (χ1) is 4.29. The van der Waals surface area contributed by atoms with Gasteiger partial charge in [0.1, 0.15) is 0 Å². The molecule has 0 aliphatic carbocycles. The first kappa shape index (κ1) is 8.14. The molecule has 0 unspecified atom stereocenters. The fourth-order valence-electron chi connectivity index (χ4n) is 0.433. The van der Waals surface area contributed by atoms with Gasteiger partial charge in [-0.2, -0.15) is 0 Å². The molecule has 0 aromatic carbocycles. The smallest absolute Gasteiger partial charge is 0.314 e. The quantitative estimate of drug-likeness (QED) is 0.361. The molecule has 1 aliphatic rings. The molecule has 1 fully saturated rings. The third-order valence-electron chi connectivity index (χ3n) is 0.761. The number of hydrogen-bond donors (Lipinski definition) is 0. The van der Waals surface area contributed by atoms with Crippen LogP contribution in [0.1, 0.15) is 26.7 Å². The van der Waals surface area contributed by atoms with Crippen LogP contribution in [0.15, 0.2) is 0 Å². The average Bonchev–Trinajstić information content (AvgIpc) is 2.20. The van der Waals surface area contributed by atoms with Gasteiger partial charge in [0.25, 0.3) is 0 Å². The normalized spacial score (nSPS) is 16.2. The Hall–Kier alpha value is -0.860. The molecule has 0 aromatic heterocycles. The number of esters is 2. The predicted molar refractivity (Wildman–Crippen MR) is 31.7 cm³/mol. The Morgan fingerprint density at radius 3 is 1.56 bits per heavy atom. The minimum atomic E-state index is -0.398. The largest absolute Gasteiger partial charge is 0.393 e. The summed E-state index contributed by atoms with van der Waals surface area (Å²) in [6, 6.07) is 0. The second-order valence-electron chi connectivity index (χ2n) is 1.35. The Bertz CT molecular complexity index is 103. The third kappa shape index (κ3) is 2.85. The topological polar surface area (TPSA) is 43.4 Å². The fourth-order valence-corrected chi connectivity index (χ4v) is 0.433. The van der Waals surface area contributed by atoms with Crippen molar-refractivity contribution >= 4 is 11.9 Å². The van der Waals surface area contributed by atoms with Gasteiger partial charge in [-0.3, -0.25) is 9.59 Å². The summed E-state index contributed by atoms with van der Waals surface area (Å²) in [5.74, 6) is -0.796. The lowest BCUT2D eigenvalue weighted by atomic mass is 10.4. The van der Waals surface area contributed by atoms with E-state index in [1.54, 1.807) is 0 Å². The highest BCUT2D eigenvalue weighted by Crippen LogP contribution is 2.03.